The summed E-state index contributed by atoms with van der Waals surface area (Å²) in [5, 5.41) is 9.23. The summed E-state index contributed by atoms with van der Waals surface area (Å²) in [4.78, 5) is 6.28. The first kappa shape index (κ1) is 26.4. The molecule has 3 heterocycles. The molecule has 35 heavy (non-hydrogen) atoms. The Labute approximate surface area is 221 Å². The fourth-order valence-corrected chi connectivity index (χ4v) is 6.17. The molecule has 1 aliphatic carbocycles. The molecule has 0 bridgehead atoms. The van der Waals surface area contributed by atoms with Crippen LogP contribution in [-0.4, -0.2) is 50.0 Å². The fourth-order valence-electron chi connectivity index (χ4n) is 5.07. The van der Waals surface area contributed by atoms with E-state index in [1.54, 1.807) is 18.7 Å². The zero-order valence-electron chi connectivity index (χ0n) is 19.3. The molecule has 2 aliphatic rings. The molecule has 3 aromatic rings. The highest BCUT2D eigenvalue weighted by Crippen LogP contribution is 2.59. The number of alkyl halides is 3. The van der Waals surface area contributed by atoms with E-state index in [4.69, 9.17) is 0 Å². The second kappa shape index (κ2) is 10.0. The van der Waals surface area contributed by atoms with Crippen molar-refractivity contribution in [2.24, 2.45) is 13.0 Å². The maximum Gasteiger partial charge on any atom is 0.433 e. The topological polar surface area (TPSA) is 46.8 Å². The summed E-state index contributed by atoms with van der Waals surface area (Å²) in [5.74, 6) is 2.20. The number of aryl methyl sites for hydroxylation is 1. The van der Waals surface area contributed by atoms with Gasteiger partial charge in [-0.1, -0.05) is 39.8 Å². The standard InChI is InChI=1S/C24H25BrF3N5S.ClH/c1-15-19(8-9-20(29-15)24(26,27)28)21-30-31-22(32(21)2)34-11-3-10-33-13-17-12-23(17,14-33)16-4-6-18(25)7-5-16;/h4-9,17H,3,10-14H2,1-2H3;1H/t17-,23?;/m1./s1. The third-order valence-corrected chi connectivity index (χ3v) is 8.57. The quantitative estimate of drug-likeness (QED) is 0.245. The molecule has 0 radical (unpaired) electrons. The maximum atomic E-state index is 12.9. The van der Waals surface area contributed by atoms with E-state index in [0.717, 1.165) is 53.4 Å². The number of pyridine rings is 1. The van der Waals surface area contributed by atoms with Gasteiger partial charge in [0.25, 0.3) is 0 Å². The van der Waals surface area contributed by atoms with Gasteiger partial charge in [0.1, 0.15) is 5.69 Å². The van der Waals surface area contributed by atoms with Crippen molar-refractivity contribution in [1.82, 2.24) is 24.6 Å². The van der Waals surface area contributed by atoms with E-state index in [2.05, 4.69) is 60.3 Å². The van der Waals surface area contributed by atoms with E-state index in [9.17, 15) is 13.2 Å². The Kier molecular flexibility index (Phi) is 7.58. The molecule has 0 amide bonds. The monoisotopic (exact) mass is 587 g/mol. The van der Waals surface area contributed by atoms with E-state index < -0.39 is 11.9 Å². The minimum absolute atomic E-state index is 0. The van der Waals surface area contributed by atoms with Crippen LogP contribution in [0.4, 0.5) is 13.2 Å². The Hall–Kier alpha value is -1.62. The van der Waals surface area contributed by atoms with Gasteiger partial charge in [-0.3, -0.25) is 0 Å². The molecule has 2 aromatic heterocycles. The highest BCUT2D eigenvalue weighted by molar-refractivity contribution is 9.10. The van der Waals surface area contributed by atoms with Gasteiger partial charge < -0.3 is 9.47 Å². The molecule has 0 N–H and O–H groups in total. The largest absolute Gasteiger partial charge is 0.433 e. The van der Waals surface area contributed by atoms with Crippen LogP contribution < -0.4 is 0 Å². The van der Waals surface area contributed by atoms with Gasteiger partial charge in [0, 0.05) is 47.0 Å². The van der Waals surface area contributed by atoms with Gasteiger partial charge in [-0.2, -0.15) is 13.2 Å². The number of hydrogen-bond donors (Lipinski definition) is 0. The van der Waals surface area contributed by atoms with Crippen LogP contribution in [-0.2, 0) is 18.6 Å². The number of benzene rings is 1. The molecular formula is C24H26BrClF3N5S. The number of halogens is 5. The summed E-state index contributed by atoms with van der Waals surface area (Å²) < 4.78 is 41.7. The van der Waals surface area contributed by atoms with Crippen molar-refractivity contribution in [3.05, 3.63) is 57.8 Å². The van der Waals surface area contributed by atoms with Gasteiger partial charge in [-0.15, -0.1) is 22.6 Å². The molecule has 1 saturated heterocycles. The molecule has 5 rings (SSSR count). The number of hydrogen-bond acceptors (Lipinski definition) is 5. The van der Waals surface area contributed by atoms with Crippen molar-refractivity contribution in [2.45, 2.75) is 36.5 Å². The average Bonchev–Trinajstić information content (AvgIpc) is 3.16. The second-order valence-electron chi connectivity index (χ2n) is 9.19. The lowest BCUT2D eigenvalue weighted by molar-refractivity contribution is -0.141. The third kappa shape index (κ3) is 5.26. The Morgan fingerprint density at radius 1 is 1.14 bits per heavy atom. The lowest BCUT2D eigenvalue weighted by atomic mass is 9.95. The molecule has 188 valence electrons. The van der Waals surface area contributed by atoms with Crippen LogP contribution in [0, 0.1) is 12.8 Å². The van der Waals surface area contributed by atoms with E-state index >= 15 is 0 Å². The predicted molar refractivity (Wildman–Crippen MR) is 137 cm³/mol. The molecule has 0 spiro atoms. The molecule has 2 atom stereocenters. The smallest absolute Gasteiger partial charge is 0.305 e. The third-order valence-electron chi connectivity index (χ3n) is 6.94. The fraction of sp³-hybridized carbons (Fsp3) is 0.458. The molecular weight excluding hydrogens is 563 g/mol. The molecule has 1 aromatic carbocycles. The lowest BCUT2D eigenvalue weighted by Gasteiger charge is -2.21. The zero-order chi connectivity index (χ0) is 24.1. The summed E-state index contributed by atoms with van der Waals surface area (Å²) in [5.41, 5.74) is 1.75. The van der Waals surface area contributed by atoms with Crippen LogP contribution in [0.5, 0.6) is 0 Å². The number of aromatic nitrogens is 4. The summed E-state index contributed by atoms with van der Waals surface area (Å²) >= 11 is 5.15. The number of piperidine rings is 1. The SMILES string of the molecule is Cc1nc(C(F)(F)F)ccc1-c1nnc(SCCCN2C[C@H]3CC3(c3ccc(Br)cc3)C2)n1C.Cl. The summed E-state index contributed by atoms with van der Waals surface area (Å²) in [6, 6.07) is 11.2. The van der Waals surface area contributed by atoms with Crippen molar-refractivity contribution in [3.63, 3.8) is 0 Å². The first-order valence-corrected chi connectivity index (χ1v) is 13.0. The molecule has 1 aliphatic heterocycles. The van der Waals surface area contributed by atoms with Crippen molar-refractivity contribution in [1.29, 1.82) is 0 Å². The Morgan fingerprint density at radius 2 is 1.89 bits per heavy atom. The molecule has 5 nitrogen and oxygen atoms in total. The van der Waals surface area contributed by atoms with E-state index in [-0.39, 0.29) is 18.1 Å². The van der Waals surface area contributed by atoms with Crippen molar-refractivity contribution in [2.75, 3.05) is 25.4 Å². The summed E-state index contributed by atoms with van der Waals surface area (Å²) in [6.45, 7) is 4.90. The van der Waals surface area contributed by atoms with Gasteiger partial charge >= 0.3 is 6.18 Å². The minimum Gasteiger partial charge on any atom is -0.305 e. The van der Waals surface area contributed by atoms with Crippen LogP contribution in [0.3, 0.4) is 0 Å². The predicted octanol–water partition coefficient (Wildman–Crippen LogP) is 6.14. The molecule has 1 saturated carbocycles. The van der Waals surface area contributed by atoms with E-state index in [1.165, 1.54) is 18.1 Å². The lowest BCUT2D eigenvalue weighted by Crippen LogP contribution is -2.27. The van der Waals surface area contributed by atoms with E-state index in [0.29, 0.717) is 16.8 Å². The highest BCUT2D eigenvalue weighted by atomic mass is 79.9. The average molecular weight is 589 g/mol. The number of thioether (sulfide) groups is 1. The van der Waals surface area contributed by atoms with Crippen molar-refractivity contribution in [3.8, 4) is 11.4 Å². The Morgan fingerprint density at radius 3 is 2.57 bits per heavy atom. The van der Waals surface area contributed by atoms with E-state index in [1.807, 2.05) is 11.6 Å². The minimum atomic E-state index is -4.46. The summed E-state index contributed by atoms with van der Waals surface area (Å²) in [6.07, 6.45) is -2.13. The Balaban J connectivity index is 0.00000289. The molecule has 1 unspecified atom stereocenters. The van der Waals surface area contributed by atoms with Crippen molar-refractivity contribution >= 4 is 40.1 Å². The van der Waals surface area contributed by atoms with Crippen LogP contribution in [0.15, 0.2) is 46.0 Å². The van der Waals surface area contributed by atoms with Crippen LogP contribution >= 0.6 is 40.1 Å². The summed E-state index contributed by atoms with van der Waals surface area (Å²) in [7, 11) is 1.84. The highest BCUT2D eigenvalue weighted by Gasteiger charge is 2.60. The number of nitrogens with zero attached hydrogens (tertiary/aromatic N) is 5. The van der Waals surface area contributed by atoms with Gasteiger partial charge in [0.05, 0.1) is 0 Å². The van der Waals surface area contributed by atoms with Gasteiger partial charge in [-0.05, 0) is 62.1 Å². The van der Waals surface area contributed by atoms with Crippen LogP contribution in [0.1, 0.15) is 29.8 Å². The first-order valence-electron chi connectivity index (χ1n) is 11.2. The van der Waals surface area contributed by atoms with Gasteiger partial charge in [-0.25, -0.2) is 4.98 Å². The number of fused-ring (bicyclic) bond motifs is 1. The Bertz CT molecular complexity index is 1200. The molecule has 11 heteroatoms. The number of likely N-dealkylation sites (tertiary alicyclic amines) is 1. The van der Waals surface area contributed by atoms with Crippen LogP contribution in [0.25, 0.3) is 11.4 Å². The van der Waals surface area contributed by atoms with Gasteiger partial charge in [0.2, 0.25) is 0 Å². The maximum absolute atomic E-state index is 12.9. The van der Waals surface area contributed by atoms with Gasteiger partial charge in [0.15, 0.2) is 11.0 Å². The van der Waals surface area contributed by atoms with Crippen LogP contribution in [0.2, 0.25) is 0 Å². The molecule has 2 fully saturated rings. The zero-order valence-corrected chi connectivity index (χ0v) is 22.6. The second-order valence-corrected chi connectivity index (χ2v) is 11.2. The number of rotatable bonds is 7. The van der Waals surface area contributed by atoms with Crippen molar-refractivity contribution < 1.29 is 13.2 Å². The normalized spacial score (nSPS) is 21.6. The first-order chi connectivity index (χ1) is 16.2.